The first kappa shape index (κ1) is 10.2. The molecule has 2 N–H and O–H groups in total. The molecule has 3 heteroatoms. The molecule has 0 aliphatic heterocycles. The minimum atomic E-state index is 0.455. The van der Waals surface area contributed by atoms with E-state index >= 15 is 0 Å². The lowest BCUT2D eigenvalue weighted by Gasteiger charge is -2.10. The van der Waals surface area contributed by atoms with Crippen LogP contribution in [0.5, 0.6) is 0 Å². The molecule has 2 unspecified atom stereocenters. The van der Waals surface area contributed by atoms with Gasteiger partial charge >= 0.3 is 0 Å². The molecule has 2 saturated carbocycles. The number of benzene rings is 1. The molecule has 2 aromatic rings. The van der Waals surface area contributed by atoms with Gasteiger partial charge in [-0.2, -0.15) is 0 Å². The van der Waals surface area contributed by atoms with Gasteiger partial charge in [0.15, 0.2) is 0 Å². The van der Waals surface area contributed by atoms with Crippen molar-refractivity contribution in [2.24, 2.45) is 11.8 Å². The van der Waals surface area contributed by atoms with Crippen LogP contribution in [0, 0.1) is 11.8 Å². The molecule has 2 fully saturated rings. The van der Waals surface area contributed by atoms with E-state index in [1.807, 2.05) is 18.2 Å². The van der Waals surface area contributed by atoms with E-state index in [0.717, 1.165) is 28.7 Å². The van der Waals surface area contributed by atoms with E-state index in [0.29, 0.717) is 11.8 Å². The Hall–Kier alpha value is -1.77. The van der Waals surface area contributed by atoms with Crippen LogP contribution in [-0.2, 0) is 0 Å². The summed E-state index contributed by atoms with van der Waals surface area (Å²) >= 11 is 0. The Balaban J connectivity index is 1.76. The van der Waals surface area contributed by atoms with Crippen LogP contribution in [0.4, 0.5) is 5.88 Å². The standard InChI is InChI=1S/C15H16N2O/c16-15-13(9-4-2-1-3-5-9)14(17-18-15)12-7-10-6-11(10)8-12/h1-5,10-12H,6-8,16H2. The van der Waals surface area contributed by atoms with Crippen molar-refractivity contribution in [1.29, 1.82) is 0 Å². The molecule has 18 heavy (non-hydrogen) atoms. The molecule has 2 aliphatic carbocycles. The molecule has 0 saturated heterocycles. The number of fused-ring (bicyclic) bond motifs is 1. The van der Waals surface area contributed by atoms with Crippen molar-refractivity contribution in [3.05, 3.63) is 36.0 Å². The summed E-state index contributed by atoms with van der Waals surface area (Å²) in [6.45, 7) is 0. The smallest absolute Gasteiger partial charge is 0.230 e. The average Bonchev–Trinajstić information content (AvgIpc) is 2.85. The van der Waals surface area contributed by atoms with Crippen molar-refractivity contribution < 1.29 is 4.52 Å². The van der Waals surface area contributed by atoms with Gasteiger partial charge in [0, 0.05) is 5.92 Å². The van der Waals surface area contributed by atoms with Crippen LogP contribution < -0.4 is 5.73 Å². The van der Waals surface area contributed by atoms with Crippen molar-refractivity contribution >= 4 is 5.88 Å². The van der Waals surface area contributed by atoms with Crippen LogP contribution in [0.3, 0.4) is 0 Å². The number of anilines is 1. The Labute approximate surface area is 106 Å². The summed E-state index contributed by atoms with van der Waals surface area (Å²) in [5.74, 6) is 2.88. The first-order valence-corrected chi connectivity index (χ1v) is 6.63. The van der Waals surface area contributed by atoms with E-state index in [4.69, 9.17) is 10.3 Å². The Morgan fingerprint density at radius 3 is 2.50 bits per heavy atom. The van der Waals surface area contributed by atoms with E-state index in [1.54, 1.807) is 0 Å². The second kappa shape index (κ2) is 3.61. The highest BCUT2D eigenvalue weighted by molar-refractivity contribution is 5.75. The van der Waals surface area contributed by atoms with Crippen molar-refractivity contribution in [1.82, 2.24) is 5.16 Å². The lowest BCUT2D eigenvalue weighted by Crippen LogP contribution is -1.99. The van der Waals surface area contributed by atoms with Gasteiger partial charge in [0.25, 0.3) is 0 Å². The summed E-state index contributed by atoms with van der Waals surface area (Å²) in [5, 5.41) is 4.23. The minimum Gasteiger partial charge on any atom is -0.367 e. The first-order valence-electron chi connectivity index (χ1n) is 6.63. The van der Waals surface area contributed by atoms with Gasteiger partial charge in [-0.1, -0.05) is 35.5 Å². The molecule has 1 aromatic heterocycles. The van der Waals surface area contributed by atoms with Crippen LogP contribution in [0.15, 0.2) is 34.9 Å². The Bertz CT molecular complexity index is 565. The maximum Gasteiger partial charge on any atom is 0.230 e. The zero-order valence-electron chi connectivity index (χ0n) is 10.2. The van der Waals surface area contributed by atoms with E-state index in [2.05, 4.69) is 17.3 Å². The predicted molar refractivity (Wildman–Crippen MR) is 69.9 cm³/mol. The lowest BCUT2D eigenvalue weighted by molar-refractivity contribution is 0.416. The lowest BCUT2D eigenvalue weighted by atomic mass is 9.93. The number of rotatable bonds is 2. The van der Waals surface area contributed by atoms with Gasteiger partial charge in [0.1, 0.15) is 0 Å². The molecule has 0 amide bonds. The van der Waals surface area contributed by atoms with Gasteiger partial charge in [-0.3, -0.25) is 0 Å². The van der Waals surface area contributed by atoms with Gasteiger partial charge in [-0.05, 0) is 36.7 Å². The minimum absolute atomic E-state index is 0.455. The van der Waals surface area contributed by atoms with Crippen molar-refractivity contribution in [3.63, 3.8) is 0 Å². The summed E-state index contributed by atoms with van der Waals surface area (Å²) in [5.41, 5.74) is 9.17. The van der Waals surface area contributed by atoms with Crippen LogP contribution in [0.25, 0.3) is 11.1 Å². The Kier molecular flexibility index (Phi) is 2.04. The Morgan fingerprint density at radius 2 is 1.78 bits per heavy atom. The van der Waals surface area contributed by atoms with Crippen molar-refractivity contribution in [2.75, 3.05) is 5.73 Å². The quantitative estimate of drug-likeness (QED) is 0.874. The second-order valence-electron chi connectivity index (χ2n) is 5.60. The summed E-state index contributed by atoms with van der Waals surface area (Å²) in [6.07, 6.45) is 3.94. The fourth-order valence-corrected chi connectivity index (χ4v) is 3.43. The highest BCUT2D eigenvalue weighted by Gasteiger charge is 2.47. The van der Waals surface area contributed by atoms with Crippen LogP contribution in [0.2, 0.25) is 0 Å². The van der Waals surface area contributed by atoms with E-state index in [9.17, 15) is 0 Å². The number of hydrogen-bond acceptors (Lipinski definition) is 3. The molecule has 1 aromatic carbocycles. The van der Waals surface area contributed by atoms with E-state index in [1.165, 1.54) is 19.3 Å². The third-order valence-electron chi connectivity index (χ3n) is 4.44. The normalized spacial score (nSPS) is 29.2. The molecule has 0 bridgehead atoms. The largest absolute Gasteiger partial charge is 0.367 e. The van der Waals surface area contributed by atoms with Gasteiger partial charge in [-0.15, -0.1) is 0 Å². The summed E-state index contributed by atoms with van der Waals surface area (Å²) in [4.78, 5) is 0. The summed E-state index contributed by atoms with van der Waals surface area (Å²) < 4.78 is 5.24. The van der Waals surface area contributed by atoms with Gasteiger partial charge in [0.2, 0.25) is 5.88 Å². The van der Waals surface area contributed by atoms with Crippen LogP contribution in [-0.4, -0.2) is 5.16 Å². The molecule has 2 aliphatic rings. The maximum absolute atomic E-state index is 5.96. The number of nitrogens with two attached hydrogens (primary N) is 1. The fraction of sp³-hybridized carbons (Fsp3) is 0.400. The molecule has 4 rings (SSSR count). The van der Waals surface area contributed by atoms with Crippen LogP contribution >= 0.6 is 0 Å². The zero-order valence-corrected chi connectivity index (χ0v) is 10.2. The third-order valence-corrected chi connectivity index (χ3v) is 4.44. The van der Waals surface area contributed by atoms with Gasteiger partial charge < -0.3 is 10.3 Å². The fourth-order valence-electron chi connectivity index (χ4n) is 3.43. The average molecular weight is 240 g/mol. The SMILES string of the molecule is Nc1onc(C2CC3CC3C2)c1-c1ccccc1. The highest BCUT2D eigenvalue weighted by Crippen LogP contribution is 2.58. The molecule has 92 valence electrons. The first-order chi connectivity index (χ1) is 8.83. The molecule has 3 nitrogen and oxygen atoms in total. The number of hydrogen-bond donors (Lipinski definition) is 1. The third kappa shape index (κ3) is 1.47. The monoisotopic (exact) mass is 240 g/mol. The predicted octanol–water partition coefficient (Wildman–Crippen LogP) is 3.44. The second-order valence-corrected chi connectivity index (χ2v) is 5.60. The number of nitrogen functional groups attached to an aromatic ring is 1. The van der Waals surface area contributed by atoms with Crippen LogP contribution in [0.1, 0.15) is 30.9 Å². The van der Waals surface area contributed by atoms with Gasteiger partial charge in [-0.25, -0.2) is 0 Å². The molecule has 1 heterocycles. The molecular formula is C15H16N2O. The topological polar surface area (TPSA) is 52.0 Å². The van der Waals surface area contributed by atoms with Crippen molar-refractivity contribution in [3.8, 4) is 11.1 Å². The molecule has 0 radical (unpaired) electrons. The highest BCUT2D eigenvalue weighted by atomic mass is 16.5. The van der Waals surface area contributed by atoms with E-state index < -0.39 is 0 Å². The Morgan fingerprint density at radius 1 is 1.06 bits per heavy atom. The van der Waals surface area contributed by atoms with E-state index in [-0.39, 0.29) is 0 Å². The number of aromatic nitrogens is 1. The zero-order chi connectivity index (χ0) is 12.1. The summed E-state index contributed by atoms with van der Waals surface area (Å²) in [6, 6.07) is 10.2. The van der Waals surface area contributed by atoms with Crippen molar-refractivity contribution in [2.45, 2.75) is 25.2 Å². The molecular weight excluding hydrogens is 224 g/mol. The number of nitrogens with zero attached hydrogens (tertiary/aromatic N) is 1. The molecule has 0 spiro atoms. The molecule has 2 atom stereocenters. The summed E-state index contributed by atoms with van der Waals surface area (Å²) in [7, 11) is 0. The van der Waals surface area contributed by atoms with Gasteiger partial charge in [0.05, 0.1) is 11.3 Å². The maximum atomic E-state index is 5.96.